The first-order valence-corrected chi connectivity index (χ1v) is 7.93. The number of rotatable bonds is 3. The Balaban J connectivity index is 1.68. The maximum atomic E-state index is 12.8. The van der Waals surface area contributed by atoms with Crippen LogP contribution in [0.1, 0.15) is 16.4 Å². The van der Waals surface area contributed by atoms with E-state index in [0.29, 0.717) is 28.2 Å². The second kappa shape index (κ2) is 6.29. The molecule has 0 aliphatic heterocycles. The van der Waals surface area contributed by atoms with E-state index in [9.17, 15) is 9.59 Å². The predicted octanol–water partition coefficient (Wildman–Crippen LogP) is 2.93. The highest BCUT2D eigenvalue weighted by Crippen LogP contribution is 2.16. The van der Waals surface area contributed by atoms with Crippen molar-refractivity contribution in [1.82, 2.24) is 14.5 Å². The minimum absolute atomic E-state index is 0.187. The Morgan fingerprint density at radius 3 is 2.65 bits per heavy atom. The average Bonchev–Trinajstić information content (AvgIpc) is 3.18. The molecular formula is C19H14N4O3. The zero-order valence-corrected chi connectivity index (χ0v) is 13.8. The van der Waals surface area contributed by atoms with E-state index in [-0.39, 0.29) is 17.2 Å². The second-order valence-electron chi connectivity index (χ2n) is 5.65. The largest absolute Gasteiger partial charge is 0.459 e. The first kappa shape index (κ1) is 15.8. The number of carbonyl (C=O) groups is 1. The Kier molecular flexibility index (Phi) is 3.81. The first-order chi connectivity index (χ1) is 12.6. The SMILES string of the molecule is Cc1nc2ncccc2c(=O)n1-c1ccc(NC(=O)c2ccco2)cc1. The number of carbonyl (C=O) groups excluding carboxylic acids is 1. The van der Waals surface area contributed by atoms with E-state index in [1.165, 1.54) is 10.8 Å². The van der Waals surface area contributed by atoms with E-state index in [0.717, 1.165) is 0 Å². The van der Waals surface area contributed by atoms with E-state index >= 15 is 0 Å². The van der Waals surface area contributed by atoms with Crippen molar-refractivity contribution in [2.75, 3.05) is 5.32 Å². The number of nitrogens with one attached hydrogen (secondary N) is 1. The highest BCUT2D eigenvalue weighted by molar-refractivity contribution is 6.02. The van der Waals surface area contributed by atoms with Gasteiger partial charge in [-0.3, -0.25) is 14.2 Å². The van der Waals surface area contributed by atoms with Gasteiger partial charge in [-0.25, -0.2) is 9.97 Å². The summed E-state index contributed by atoms with van der Waals surface area (Å²) in [4.78, 5) is 33.3. The molecule has 1 aromatic carbocycles. The molecule has 0 aliphatic carbocycles. The van der Waals surface area contributed by atoms with Crippen LogP contribution < -0.4 is 10.9 Å². The van der Waals surface area contributed by atoms with E-state index in [4.69, 9.17) is 4.42 Å². The molecule has 1 N–H and O–H groups in total. The number of benzene rings is 1. The lowest BCUT2D eigenvalue weighted by Crippen LogP contribution is -2.22. The second-order valence-corrected chi connectivity index (χ2v) is 5.65. The molecule has 3 heterocycles. The summed E-state index contributed by atoms with van der Waals surface area (Å²) >= 11 is 0. The van der Waals surface area contributed by atoms with E-state index in [1.807, 2.05) is 0 Å². The van der Waals surface area contributed by atoms with Gasteiger partial charge in [0, 0.05) is 11.9 Å². The van der Waals surface area contributed by atoms with E-state index < -0.39 is 0 Å². The molecule has 0 fully saturated rings. The number of aromatic nitrogens is 3. The Labute approximate surface area is 147 Å². The van der Waals surface area contributed by atoms with Crippen molar-refractivity contribution < 1.29 is 9.21 Å². The van der Waals surface area contributed by atoms with Crippen molar-refractivity contribution in [1.29, 1.82) is 0 Å². The molecular weight excluding hydrogens is 332 g/mol. The fourth-order valence-electron chi connectivity index (χ4n) is 2.72. The van der Waals surface area contributed by atoms with Crippen molar-refractivity contribution in [2.24, 2.45) is 0 Å². The number of hydrogen-bond donors (Lipinski definition) is 1. The minimum Gasteiger partial charge on any atom is -0.459 e. The Morgan fingerprint density at radius 2 is 1.92 bits per heavy atom. The summed E-state index contributed by atoms with van der Waals surface area (Å²) in [5, 5.41) is 3.19. The molecule has 0 spiro atoms. The highest BCUT2D eigenvalue weighted by Gasteiger charge is 2.12. The van der Waals surface area contributed by atoms with Gasteiger partial charge in [0.2, 0.25) is 0 Å². The number of hydrogen-bond acceptors (Lipinski definition) is 5. The molecule has 4 rings (SSSR count). The van der Waals surface area contributed by atoms with E-state index in [1.54, 1.807) is 61.7 Å². The van der Waals surface area contributed by atoms with Crippen LogP contribution in [0, 0.1) is 6.92 Å². The normalized spacial score (nSPS) is 10.8. The monoisotopic (exact) mass is 346 g/mol. The molecule has 0 atom stereocenters. The number of amides is 1. The molecule has 3 aromatic heterocycles. The fourth-order valence-corrected chi connectivity index (χ4v) is 2.72. The smallest absolute Gasteiger partial charge is 0.291 e. The Morgan fingerprint density at radius 1 is 1.12 bits per heavy atom. The molecule has 0 aliphatic rings. The maximum Gasteiger partial charge on any atom is 0.291 e. The van der Waals surface area contributed by atoms with Gasteiger partial charge in [0.1, 0.15) is 5.82 Å². The third-order valence-corrected chi connectivity index (χ3v) is 3.94. The molecule has 7 nitrogen and oxygen atoms in total. The van der Waals surface area contributed by atoms with Crippen molar-refractivity contribution in [3.8, 4) is 5.69 Å². The maximum absolute atomic E-state index is 12.8. The van der Waals surface area contributed by atoms with Crippen LogP contribution in [0.25, 0.3) is 16.7 Å². The number of pyridine rings is 1. The van der Waals surface area contributed by atoms with Crippen LogP contribution in [0.4, 0.5) is 5.69 Å². The third-order valence-electron chi connectivity index (χ3n) is 3.94. The quantitative estimate of drug-likeness (QED) is 0.616. The fraction of sp³-hybridized carbons (Fsp3) is 0.0526. The first-order valence-electron chi connectivity index (χ1n) is 7.93. The summed E-state index contributed by atoms with van der Waals surface area (Å²) in [7, 11) is 0. The molecule has 128 valence electrons. The summed E-state index contributed by atoms with van der Waals surface area (Å²) in [5.41, 5.74) is 1.49. The molecule has 26 heavy (non-hydrogen) atoms. The van der Waals surface area contributed by atoms with Gasteiger partial charge in [-0.15, -0.1) is 0 Å². The van der Waals surface area contributed by atoms with Crippen LogP contribution in [0.3, 0.4) is 0 Å². The molecule has 0 bridgehead atoms. The molecule has 7 heteroatoms. The van der Waals surface area contributed by atoms with Crippen LogP contribution >= 0.6 is 0 Å². The van der Waals surface area contributed by atoms with Crippen LogP contribution in [0.5, 0.6) is 0 Å². The molecule has 0 radical (unpaired) electrons. The van der Waals surface area contributed by atoms with Crippen molar-refractivity contribution in [2.45, 2.75) is 6.92 Å². The van der Waals surface area contributed by atoms with E-state index in [2.05, 4.69) is 15.3 Å². The number of aryl methyl sites for hydroxylation is 1. The summed E-state index contributed by atoms with van der Waals surface area (Å²) in [6.45, 7) is 1.75. The molecule has 4 aromatic rings. The number of fused-ring (bicyclic) bond motifs is 1. The summed E-state index contributed by atoms with van der Waals surface area (Å²) in [5.74, 6) is 0.426. The van der Waals surface area contributed by atoms with Crippen molar-refractivity contribution in [3.05, 3.63) is 82.9 Å². The summed E-state index contributed by atoms with van der Waals surface area (Å²) < 4.78 is 6.58. The lowest BCUT2D eigenvalue weighted by atomic mass is 10.2. The topological polar surface area (TPSA) is 90.0 Å². The summed E-state index contributed by atoms with van der Waals surface area (Å²) in [6, 6.07) is 13.6. The lowest BCUT2D eigenvalue weighted by Gasteiger charge is -2.11. The molecule has 0 unspecified atom stereocenters. The minimum atomic E-state index is -0.338. The van der Waals surface area contributed by atoms with Crippen LogP contribution in [0.15, 0.2) is 70.2 Å². The van der Waals surface area contributed by atoms with Gasteiger partial charge in [-0.05, 0) is 55.5 Å². The number of anilines is 1. The predicted molar refractivity (Wildman–Crippen MR) is 96.5 cm³/mol. The Hall–Kier alpha value is -3.74. The Bertz CT molecular complexity index is 1150. The highest BCUT2D eigenvalue weighted by atomic mass is 16.3. The van der Waals surface area contributed by atoms with Gasteiger partial charge in [0.25, 0.3) is 11.5 Å². The van der Waals surface area contributed by atoms with Crippen LogP contribution in [-0.2, 0) is 0 Å². The third kappa shape index (κ3) is 2.75. The number of furan rings is 1. The van der Waals surface area contributed by atoms with Gasteiger partial charge in [-0.2, -0.15) is 0 Å². The van der Waals surface area contributed by atoms with Crippen molar-refractivity contribution in [3.63, 3.8) is 0 Å². The van der Waals surface area contributed by atoms with Gasteiger partial charge in [0.15, 0.2) is 11.4 Å². The van der Waals surface area contributed by atoms with Gasteiger partial charge in [-0.1, -0.05) is 0 Å². The average molecular weight is 346 g/mol. The standard InChI is InChI=1S/C19H14N4O3/c1-12-21-17-15(4-2-10-20-17)19(25)23(12)14-8-6-13(7-9-14)22-18(24)16-5-3-11-26-16/h2-11H,1H3,(H,22,24). The van der Waals surface area contributed by atoms with Gasteiger partial charge >= 0.3 is 0 Å². The number of nitrogens with zero attached hydrogens (tertiary/aromatic N) is 3. The molecule has 0 saturated carbocycles. The molecule has 0 saturated heterocycles. The van der Waals surface area contributed by atoms with Crippen LogP contribution in [0.2, 0.25) is 0 Å². The van der Waals surface area contributed by atoms with Crippen molar-refractivity contribution >= 4 is 22.6 Å². The molecule has 1 amide bonds. The lowest BCUT2D eigenvalue weighted by molar-refractivity contribution is 0.0996. The van der Waals surface area contributed by atoms with Gasteiger partial charge in [0.05, 0.1) is 17.3 Å². The zero-order valence-electron chi connectivity index (χ0n) is 13.8. The van der Waals surface area contributed by atoms with Gasteiger partial charge < -0.3 is 9.73 Å². The zero-order chi connectivity index (χ0) is 18.1. The van der Waals surface area contributed by atoms with Crippen LogP contribution in [-0.4, -0.2) is 20.4 Å². The summed E-state index contributed by atoms with van der Waals surface area (Å²) in [6.07, 6.45) is 3.05.